The van der Waals surface area contributed by atoms with Gasteiger partial charge in [-0.2, -0.15) is 0 Å². The maximum Gasteiger partial charge on any atom is 0.242 e. The molecular weight excluding hydrogens is 348 g/mol. The predicted molar refractivity (Wildman–Crippen MR) is 94.2 cm³/mol. The van der Waals surface area contributed by atoms with Crippen LogP contribution in [0.4, 0.5) is 0 Å². The molecular formula is C15H22N4O5S. The SMILES string of the molecule is CC(C)CC(=O)c1cc(O)c(C(=S)NCC(=O)NC(CO)C(N)=O)[nH]1. The molecule has 0 aliphatic heterocycles. The Labute approximate surface area is 150 Å². The number of ketones is 1. The fourth-order valence-corrected chi connectivity index (χ4v) is 2.18. The smallest absolute Gasteiger partial charge is 0.242 e. The second kappa shape index (κ2) is 9.14. The molecule has 0 aromatic carbocycles. The van der Waals surface area contributed by atoms with E-state index >= 15 is 0 Å². The van der Waals surface area contributed by atoms with Crippen LogP contribution < -0.4 is 16.4 Å². The number of thiocarbonyl (C=S) groups is 1. The Hall–Kier alpha value is -2.46. The molecule has 9 nitrogen and oxygen atoms in total. The molecule has 0 fully saturated rings. The van der Waals surface area contributed by atoms with Crippen LogP contribution in [0.5, 0.6) is 5.75 Å². The number of amides is 2. The number of hydrogen-bond donors (Lipinski definition) is 6. The zero-order valence-corrected chi connectivity index (χ0v) is 14.8. The lowest BCUT2D eigenvalue weighted by atomic mass is 10.1. The molecule has 138 valence electrons. The molecule has 0 saturated carbocycles. The maximum absolute atomic E-state index is 12.0. The molecule has 1 unspecified atom stereocenters. The molecule has 2 amide bonds. The molecule has 10 heteroatoms. The number of aliphatic hydroxyl groups excluding tert-OH is 1. The van der Waals surface area contributed by atoms with Crippen LogP contribution in [0, 0.1) is 5.92 Å². The number of nitrogens with two attached hydrogens (primary N) is 1. The van der Waals surface area contributed by atoms with Crippen molar-refractivity contribution in [1.29, 1.82) is 0 Å². The molecule has 0 spiro atoms. The number of nitrogens with one attached hydrogen (secondary N) is 3. The third-order valence-electron chi connectivity index (χ3n) is 3.19. The summed E-state index contributed by atoms with van der Waals surface area (Å²) in [5.41, 5.74) is 5.34. The summed E-state index contributed by atoms with van der Waals surface area (Å²) in [5, 5.41) is 23.6. The Morgan fingerprint density at radius 3 is 2.52 bits per heavy atom. The van der Waals surface area contributed by atoms with Crippen LogP contribution in [0.25, 0.3) is 0 Å². The van der Waals surface area contributed by atoms with E-state index in [2.05, 4.69) is 15.6 Å². The Morgan fingerprint density at radius 1 is 1.36 bits per heavy atom. The van der Waals surface area contributed by atoms with E-state index in [1.165, 1.54) is 6.07 Å². The molecule has 0 aliphatic rings. The first kappa shape index (κ1) is 20.6. The van der Waals surface area contributed by atoms with E-state index in [4.69, 9.17) is 23.1 Å². The van der Waals surface area contributed by atoms with Crippen LogP contribution in [0.2, 0.25) is 0 Å². The van der Waals surface area contributed by atoms with Crippen molar-refractivity contribution in [3.8, 4) is 5.75 Å². The zero-order chi connectivity index (χ0) is 19.1. The molecule has 25 heavy (non-hydrogen) atoms. The van der Waals surface area contributed by atoms with E-state index in [0.29, 0.717) is 6.42 Å². The minimum absolute atomic E-state index is 0.0240. The molecule has 1 aromatic heterocycles. The minimum atomic E-state index is -1.19. The van der Waals surface area contributed by atoms with Gasteiger partial charge in [-0.25, -0.2) is 0 Å². The van der Waals surface area contributed by atoms with E-state index in [-0.39, 0.29) is 40.4 Å². The van der Waals surface area contributed by atoms with Crippen molar-refractivity contribution in [2.45, 2.75) is 26.3 Å². The average Bonchev–Trinajstić information content (AvgIpc) is 2.91. The summed E-state index contributed by atoms with van der Waals surface area (Å²) >= 11 is 5.07. The third kappa shape index (κ3) is 6.16. The van der Waals surface area contributed by atoms with Crippen LogP contribution in [0.15, 0.2) is 6.07 Å². The minimum Gasteiger partial charge on any atom is -0.506 e. The van der Waals surface area contributed by atoms with E-state index in [9.17, 15) is 19.5 Å². The van der Waals surface area contributed by atoms with Crippen molar-refractivity contribution in [2.24, 2.45) is 11.7 Å². The molecule has 7 N–H and O–H groups in total. The van der Waals surface area contributed by atoms with E-state index < -0.39 is 24.5 Å². The number of primary amides is 1. The Kier molecular flexibility index (Phi) is 7.52. The van der Waals surface area contributed by atoms with Crippen molar-refractivity contribution in [3.63, 3.8) is 0 Å². The fourth-order valence-electron chi connectivity index (χ4n) is 1.95. The highest BCUT2D eigenvalue weighted by Gasteiger charge is 2.19. The fraction of sp³-hybridized carbons (Fsp3) is 0.467. The molecule has 1 rings (SSSR count). The number of aromatic hydroxyl groups is 1. The molecule has 0 aliphatic carbocycles. The third-order valence-corrected chi connectivity index (χ3v) is 3.54. The van der Waals surface area contributed by atoms with E-state index in [0.717, 1.165) is 0 Å². The number of carbonyl (C=O) groups is 3. The second-order valence-electron chi connectivity index (χ2n) is 5.85. The number of Topliss-reactive ketones (excluding diaryl/α,β-unsaturated/α-hetero) is 1. The van der Waals surface area contributed by atoms with Gasteiger partial charge in [0.2, 0.25) is 11.8 Å². The number of aromatic amines is 1. The summed E-state index contributed by atoms with van der Waals surface area (Å²) < 4.78 is 0. The van der Waals surface area contributed by atoms with Crippen LogP contribution in [0.3, 0.4) is 0 Å². The Morgan fingerprint density at radius 2 is 2.00 bits per heavy atom. The van der Waals surface area contributed by atoms with Crippen molar-refractivity contribution < 1.29 is 24.6 Å². The first-order chi connectivity index (χ1) is 11.6. The van der Waals surface area contributed by atoms with E-state index in [1.807, 2.05) is 13.8 Å². The lowest BCUT2D eigenvalue weighted by molar-refractivity contribution is -0.127. The van der Waals surface area contributed by atoms with Gasteiger partial charge in [0.1, 0.15) is 22.5 Å². The molecule has 1 heterocycles. The standard InChI is InChI=1S/C15H22N4O5S/c1-7(2)3-10(21)8-4-11(22)13(19-8)15(25)17-5-12(23)18-9(6-20)14(16)24/h4,7,9,19-20,22H,3,5-6H2,1-2H3,(H2,16,24)(H,17,25)(H,18,23). The van der Waals surface area contributed by atoms with Gasteiger partial charge in [0.05, 0.1) is 18.8 Å². The van der Waals surface area contributed by atoms with Crippen LogP contribution in [-0.2, 0) is 9.59 Å². The van der Waals surface area contributed by atoms with Crippen molar-refractivity contribution in [2.75, 3.05) is 13.2 Å². The monoisotopic (exact) mass is 370 g/mol. The molecule has 0 radical (unpaired) electrons. The first-order valence-electron chi connectivity index (χ1n) is 7.58. The van der Waals surface area contributed by atoms with Crippen molar-refractivity contribution >= 4 is 34.8 Å². The number of carbonyl (C=O) groups excluding carboxylic acids is 3. The average molecular weight is 370 g/mol. The van der Waals surface area contributed by atoms with Crippen LogP contribution in [-0.4, -0.2) is 57.0 Å². The van der Waals surface area contributed by atoms with Gasteiger partial charge in [-0.1, -0.05) is 26.1 Å². The highest BCUT2D eigenvalue weighted by atomic mass is 32.1. The summed E-state index contributed by atoms with van der Waals surface area (Å²) in [4.78, 5) is 37.4. The zero-order valence-electron chi connectivity index (χ0n) is 14.0. The molecule has 1 atom stereocenters. The Balaban J connectivity index is 2.66. The van der Waals surface area contributed by atoms with Gasteiger partial charge in [-0.15, -0.1) is 0 Å². The second-order valence-corrected chi connectivity index (χ2v) is 6.26. The highest BCUT2D eigenvalue weighted by Crippen LogP contribution is 2.20. The van der Waals surface area contributed by atoms with Crippen molar-refractivity contribution in [1.82, 2.24) is 15.6 Å². The maximum atomic E-state index is 12.0. The van der Waals surface area contributed by atoms with Gasteiger partial charge in [0.15, 0.2) is 5.78 Å². The topological polar surface area (TPSA) is 158 Å². The summed E-state index contributed by atoms with van der Waals surface area (Å²) in [6, 6.07) is 0.0882. The predicted octanol–water partition coefficient (Wildman–Crippen LogP) is -0.823. The molecule has 1 aromatic rings. The lowest BCUT2D eigenvalue weighted by Crippen LogP contribution is -2.49. The van der Waals surface area contributed by atoms with Gasteiger partial charge in [-0.3, -0.25) is 14.4 Å². The van der Waals surface area contributed by atoms with Gasteiger partial charge in [0.25, 0.3) is 0 Å². The summed E-state index contributed by atoms with van der Waals surface area (Å²) in [6.07, 6.45) is 0.317. The summed E-state index contributed by atoms with van der Waals surface area (Å²) in [7, 11) is 0. The first-order valence-corrected chi connectivity index (χ1v) is 7.99. The quantitative estimate of drug-likeness (QED) is 0.245. The number of aliphatic hydroxyl groups is 1. The van der Waals surface area contributed by atoms with Gasteiger partial charge < -0.3 is 31.6 Å². The van der Waals surface area contributed by atoms with Crippen molar-refractivity contribution in [3.05, 3.63) is 17.5 Å². The molecule has 0 bridgehead atoms. The largest absolute Gasteiger partial charge is 0.506 e. The van der Waals surface area contributed by atoms with E-state index in [1.54, 1.807) is 0 Å². The summed E-state index contributed by atoms with van der Waals surface area (Å²) in [5.74, 6) is -1.70. The number of aromatic nitrogens is 1. The van der Waals surface area contributed by atoms with Gasteiger partial charge >= 0.3 is 0 Å². The number of H-pyrrole nitrogens is 1. The Bertz CT molecular complexity index is 671. The normalized spacial score (nSPS) is 11.8. The lowest BCUT2D eigenvalue weighted by Gasteiger charge is -2.13. The number of hydrogen-bond acceptors (Lipinski definition) is 6. The van der Waals surface area contributed by atoms with Crippen LogP contribution in [0.1, 0.15) is 36.5 Å². The highest BCUT2D eigenvalue weighted by molar-refractivity contribution is 7.80. The number of rotatable bonds is 9. The van der Waals surface area contributed by atoms with Gasteiger partial charge in [-0.05, 0) is 5.92 Å². The van der Waals surface area contributed by atoms with Gasteiger partial charge in [0, 0.05) is 12.5 Å². The summed E-state index contributed by atoms with van der Waals surface area (Å²) in [6.45, 7) is 2.87. The molecule has 0 saturated heterocycles. The van der Waals surface area contributed by atoms with Crippen LogP contribution >= 0.6 is 12.2 Å².